The topological polar surface area (TPSA) is 130 Å². The maximum absolute atomic E-state index is 12.0. The molecule has 0 aliphatic carbocycles. The molecule has 2 rings (SSSR count). The van der Waals surface area contributed by atoms with Gasteiger partial charge in [-0.25, -0.2) is 13.2 Å². The fourth-order valence-corrected chi connectivity index (χ4v) is 3.49. The van der Waals surface area contributed by atoms with E-state index in [2.05, 4.69) is 4.74 Å². The lowest BCUT2D eigenvalue weighted by atomic mass is 10.2. The first kappa shape index (κ1) is 21.4. The average Bonchev–Trinajstić information content (AvgIpc) is 2.65. The van der Waals surface area contributed by atoms with Crippen molar-refractivity contribution in [3.8, 4) is 5.75 Å². The Balaban J connectivity index is 2.06. The van der Waals surface area contributed by atoms with Crippen molar-refractivity contribution in [3.63, 3.8) is 0 Å². The number of nitrogens with zero attached hydrogens (tertiary/aromatic N) is 1. The van der Waals surface area contributed by atoms with Crippen LogP contribution in [0.2, 0.25) is 0 Å². The van der Waals surface area contributed by atoms with Gasteiger partial charge in [0.2, 0.25) is 0 Å². The van der Waals surface area contributed by atoms with E-state index in [-0.39, 0.29) is 21.3 Å². The minimum atomic E-state index is -3.60. The number of thioether (sulfide) groups is 1. The highest BCUT2D eigenvalue weighted by Crippen LogP contribution is 2.31. The molecule has 0 atom stereocenters. The molecule has 0 aliphatic heterocycles. The summed E-state index contributed by atoms with van der Waals surface area (Å²) in [5.74, 6) is -1.24. The number of carbonyl (C=O) groups is 2. The summed E-state index contributed by atoms with van der Waals surface area (Å²) in [7, 11) is -2.35. The zero-order chi connectivity index (χ0) is 20.9. The van der Waals surface area contributed by atoms with E-state index in [0.717, 1.165) is 24.1 Å². The van der Waals surface area contributed by atoms with Gasteiger partial charge >= 0.3 is 11.9 Å². The Morgan fingerprint density at radius 1 is 1.14 bits per heavy atom. The van der Waals surface area contributed by atoms with Crippen molar-refractivity contribution < 1.29 is 32.4 Å². The molecule has 0 radical (unpaired) electrons. The third kappa shape index (κ3) is 5.54. The highest BCUT2D eigenvalue weighted by Gasteiger charge is 2.20. The predicted octanol–water partition coefficient (Wildman–Crippen LogP) is 2.48. The summed E-state index contributed by atoms with van der Waals surface area (Å²) >= 11 is 0.849. The maximum Gasteiger partial charge on any atom is 0.337 e. The number of nitro groups is 1. The quantitative estimate of drug-likeness (QED) is 0.216. The zero-order valence-corrected chi connectivity index (χ0v) is 16.4. The minimum Gasteiger partial charge on any atom is -0.465 e. The third-order valence-electron chi connectivity index (χ3n) is 3.41. The number of nitro benzene ring substituents is 1. The molecule has 0 heterocycles. The highest BCUT2D eigenvalue weighted by atomic mass is 32.2. The normalized spacial score (nSPS) is 10.9. The van der Waals surface area contributed by atoms with Crippen LogP contribution in [0.4, 0.5) is 5.69 Å². The molecule has 11 heteroatoms. The number of carbonyl (C=O) groups excluding carboxylic acids is 2. The fraction of sp³-hybridized carbons (Fsp3) is 0.176. The van der Waals surface area contributed by atoms with E-state index in [1.807, 2.05) is 0 Å². The van der Waals surface area contributed by atoms with Crippen molar-refractivity contribution in [1.29, 1.82) is 0 Å². The number of methoxy groups -OCH3 is 1. The Morgan fingerprint density at radius 2 is 1.79 bits per heavy atom. The van der Waals surface area contributed by atoms with E-state index >= 15 is 0 Å². The van der Waals surface area contributed by atoms with E-state index in [9.17, 15) is 28.1 Å². The molecule has 0 N–H and O–H groups in total. The molecule has 0 unspecified atom stereocenters. The van der Waals surface area contributed by atoms with Gasteiger partial charge in [0, 0.05) is 12.3 Å². The Labute approximate surface area is 164 Å². The van der Waals surface area contributed by atoms with Crippen LogP contribution in [0.5, 0.6) is 5.75 Å². The van der Waals surface area contributed by atoms with Crippen LogP contribution in [0.3, 0.4) is 0 Å². The SMILES string of the molecule is COC(=O)c1ccc(OC(=O)CSc2ccc(S(C)(=O)=O)cc2[N+](=O)[O-])cc1. The van der Waals surface area contributed by atoms with E-state index in [4.69, 9.17) is 4.74 Å². The van der Waals surface area contributed by atoms with Gasteiger partial charge < -0.3 is 9.47 Å². The van der Waals surface area contributed by atoms with E-state index in [1.165, 1.54) is 43.5 Å². The van der Waals surface area contributed by atoms with E-state index < -0.39 is 32.4 Å². The van der Waals surface area contributed by atoms with Crippen LogP contribution in [-0.2, 0) is 19.4 Å². The molecule has 0 bridgehead atoms. The van der Waals surface area contributed by atoms with Crippen molar-refractivity contribution in [3.05, 3.63) is 58.1 Å². The molecule has 0 fully saturated rings. The van der Waals surface area contributed by atoms with Crippen LogP contribution in [0.25, 0.3) is 0 Å². The van der Waals surface area contributed by atoms with Gasteiger partial charge in [0.1, 0.15) is 5.75 Å². The zero-order valence-electron chi connectivity index (χ0n) is 14.8. The molecule has 148 valence electrons. The fourth-order valence-electron chi connectivity index (χ4n) is 2.07. The van der Waals surface area contributed by atoms with Gasteiger partial charge in [0.05, 0.1) is 33.1 Å². The molecule has 9 nitrogen and oxygen atoms in total. The molecule has 0 aliphatic rings. The monoisotopic (exact) mass is 425 g/mol. The number of sulfone groups is 1. The second kappa shape index (κ2) is 8.85. The number of hydrogen-bond donors (Lipinski definition) is 0. The molecule has 28 heavy (non-hydrogen) atoms. The molecular weight excluding hydrogens is 410 g/mol. The van der Waals surface area contributed by atoms with Crippen molar-refractivity contribution in [1.82, 2.24) is 0 Å². The van der Waals surface area contributed by atoms with Crippen molar-refractivity contribution in [2.24, 2.45) is 0 Å². The van der Waals surface area contributed by atoms with Crippen molar-refractivity contribution >= 4 is 39.2 Å². The van der Waals surface area contributed by atoms with Crippen LogP contribution >= 0.6 is 11.8 Å². The Kier molecular flexibility index (Phi) is 6.75. The predicted molar refractivity (Wildman–Crippen MR) is 100 cm³/mol. The van der Waals surface area contributed by atoms with E-state index in [0.29, 0.717) is 5.56 Å². The second-order valence-electron chi connectivity index (χ2n) is 5.44. The minimum absolute atomic E-state index is 0.135. The number of benzene rings is 2. The summed E-state index contributed by atoms with van der Waals surface area (Å²) in [4.78, 5) is 33.7. The molecule has 2 aromatic carbocycles. The largest absolute Gasteiger partial charge is 0.465 e. The second-order valence-corrected chi connectivity index (χ2v) is 8.47. The van der Waals surface area contributed by atoms with Crippen molar-refractivity contribution in [2.75, 3.05) is 19.1 Å². The van der Waals surface area contributed by atoms with Crippen LogP contribution in [0.15, 0.2) is 52.3 Å². The van der Waals surface area contributed by atoms with Crippen molar-refractivity contribution in [2.45, 2.75) is 9.79 Å². The van der Waals surface area contributed by atoms with Gasteiger partial charge in [-0.05, 0) is 36.4 Å². The van der Waals surface area contributed by atoms with Crippen LogP contribution < -0.4 is 4.74 Å². The van der Waals surface area contributed by atoms with Gasteiger partial charge in [-0.3, -0.25) is 14.9 Å². The standard InChI is InChI=1S/C17H15NO8S2/c1-25-17(20)11-3-5-12(6-4-11)26-16(19)10-27-15-8-7-13(28(2,23)24)9-14(15)18(21)22/h3-9H,10H2,1-2H3. The number of ether oxygens (including phenoxy) is 2. The molecule has 0 spiro atoms. The Bertz CT molecular complexity index is 1020. The summed E-state index contributed by atoms with van der Waals surface area (Å²) < 4.78 is 32.7. The first-order chi connectivity index (χ1) is 13.1. The molecule has 0 amide bonds. The lowest BCUT2D eigenvalue weighted by Crippen LogP contribution is -2.11. The summed E-state index contributed by atoms with van der Waals surface area (Å²) in [5.41, 5.74) is -0.124. The van der Waals surface area contributed by atoms with Gasteiger partial charge in [0.15, 0.2) is 9.84 Å². The van der Waals surface area contributed by atoms with Gasteiger partial charge in [-0.15, -0.1) is 11.8 Å². The van der Waals surface area contributed by atoms with Crippen LogP contribution in [-0.4, -0.2) is 44.4 Å². The smallest absolute Gasteiger partial charge is 0.337 e. The number of esters is 2. The highest BCUT2D eigenvalue weighted by molar-refractivity contribution is 8.00. The van der Waals surface area contributed by atoms with Gasteiger partial charge in [0.25, 0.3) is 5.69 Å². The number of rotatable bonds is 7. The van der Waals surface area contributed by atoms with Crippen LogP contribution in [0, 0.1) is 10.1 Å². The summed E-state index contributed by atoms with van der Waals surface area (Å²) in [6.45, 7) is 0. The first-order valence-corrected chi connectivity index (χ1v) is 10.5. The lowest BCUT2D eigenvalue weighted by Gasteiger charge is -2.06. The lowest BCUT2D eigenvalue weighted by molar-refractivity contribution is -0.388. The van der Waals surface area contributed by atoms with Gasteiger partial charge in [-0.1, -0.05) is 0 Å². The summed E-state index contributed by atoms with van der Waals surface area (Å²) in [6, 6.07) is 9.15. The third-order valence-corrected chi connectivity index (χ3v) is 5.55. The Morgan fingerprint density at radius 3 is 2.32 bits per heavy atom. The van der Waals surface area contributed by atoms with E-state index in [1.54, 1.807) is 0 Å². The molecule has 0 saturated carbocycles. The van der Waals surface area contributed by atoms with Gasteiger partial charge in [-0.2, -0.15) is 0 Å². The molecule has 2 aromatic rings. The number of hydrogen-bond acceptors (Lipinski definition) is 9. The first-order valence-electron chi connectivity index (χ1n) is 7.62. The maximum atomic E-state index is 12.0. The molecular formula is C17H15NO8S2. The Hall–Kier alpha value is -2.92. The average molecular weight is 425 g/mol. The molecule has 0 saturated heterocycles. The summed E-state index contributed by atoms with van der Waals surface area (Å²) in [5, 5.41) is 11.2. The molecule has 0 aromatic heterocycles. The van der Waals surface area contributed by atoms with Crippen LogP contribution in [0.1, 0.15) is 10.4 Å². The summed E-state index contributed by atoms with van der Waals surface area (Å²) in [6.07, 6.45) is 0.946.